The van der Waals surface area contributed by atoms with Crippen LogP contribution < -0.4 is 5.43 Å². The summed E-state index contributed by atoms with van der Waals surface area (Å²) in [7, 11) is 0. The predicted octanol–water partition coefficient (Wildman–Crippen LogP) is 6.84. The summed E-state index contributed by atoms with van der Waals surface area (Å²) in [5.41, 5.74) is 7.57. The number of rotatable bonds is 5. The van der Waals surface area contributed by atoms with Gasteiger partial charge in [0.15, 0.2) is 5.00 Å². The van der Waals surface area contributed by atoms with Crippen LogP contribution in [-0.4, -0.2) is 15.7 Å². The molecule has 2 aromatic carbocycles. The number of benzene rings is 2. The Morgan fingerprint density at radius 3 is 2.71 bits per heavy atom. The van der Waals surface area contributed by atoms with Crippen molar-refractivity contribution in [2.75, 3.05) is 5.43 Å². The maximum Gasteiger partial charge on any atom is 0.205 e. The highest BCUT2D eigenvalue weighted by molar-refractivity contribution is 7.19. The average Bonchev–Trinajstić information content (AvgIpc) is 3.29. The van der Waals surface area contributed by atoms with Gasteiger partial charge in [0.2, 0.25) is 5.13 Å². The number of hydrazone groups is 1. The van der Waals surface area contributed by atoms with Gasteiger partial charge in [-0.25, -0.2) is 4.98 Å². The molecule has 0 aliphatic rings. The molecule has 2 aromatic heterocycles. The Balaban J connectivity index is 1.50. The van der Waals surface area contributed by atoms with E-state index in [9.17, 15) is 0 Å². The number of aromatic nitrogens is 2. The first-order valence-corrected chi connectivity index (χ1v) is 9.81. The molecule has 6 nitrogen and oxygen atoms in total. The third kappa shape index (κ3) is 3.95. The molecule has 0 radical (unpaired) electrons. The van der Waals surface area contributed by atoms with Gasteiger partial charge in [0.05, 0.1) is 17.1 Å². The number of fused-ring (bicyclic) bond motifs is 1. The van der Waals surface area contributed by atoms with Crippen molar-refractivity contribution in [1.29, 1.82) is 0 Å². The lowest BCUT2D eigenvalue weighted by molar-refractivity contribution is 1.18. The number of aryl methyl sites for hydroxylation is 1. The van der Waals surface area contributed by atoms with Crippen LogP contribution >= 0.6 is 22.9 Å². The molecule has 4 rings (SSSR count). The topological polar surface area (TPSA) is 77.8 Å². The Bertz CT molecular complexity index is 1170. The summed E-state index contributed by atoms with van der Waals surface area (Å²) < 4.78 is 0. The Hall–Kier alpha value is -3.03. The minimum Gasteiger partial charge on any atom is -0.360 e. The Morgan fingerprint density at radius 1 is 1.11 bits per heavy atom. The minimum absolute atomic E-state index is 0.668. The summed E-state index contributed by atoms with van der Waals surface area (Å²) in [6.45, 7) is 3.86. The number of halogens is 1. The first-order valence-electron chi connectivity index (χ1n) is 8.61. The lowest BCUT2D eigenvalue weighted by Crippen LogP contribution is -1.98. The van der Waals surface area contributed by atoms with Crippen molar-refractivity contribution in [3.63, 3.8) is 0 Å². The molecule has 8 heteroatoms. The van der Waals surface area contributed by atoms with Crippen molar-refractivity contribution < 1.29 is 0 Å². The summed E-state index contributed by atoms with van der Waals surface area (Å²) in [6.07, 6.45) is 1.96. The van der Waals surface area contributed by atoms with Gasteiger partial charge in [0.25, 0.3) is 0 Å². The number of H-pyrrole nitrogens is 1. The zero-order chi connectivity index (χ0) is 19.5. The van der Waals surface area contributed by atoms with Gasteiger partial charge in [-0.15, -0.1) is 10.2 Å². The van der Waals surface area contributed by atoms with E-state index in [2.05, 4.69) is 36.8 Å². The van der Waals surface area contributed by atoms with Gasteiger partial charge in [-0.05, 0) is 44.2 Å². The first-order chi connectivity index (χ1) is 13.6. The number of nitrogens with zero attached hydrogens (tertiary/aromatic N) is 4. The zero-order valence-corrected chi connectivity index (χ0v) is 16.8. The van der Waals surface area contributed by atoms with Crippen LogP contribution in [0.3, 0.4) is 0 Å². The third-order valence-electron chi connectivity index (χ3n) is 4.15. The fourth-order valence-corrected chi connectivity index (χ4v) is 3.56. The van der Waals surface area contributed by atoms with E-state index in [0.717, 1.165) is 38.6 Å². The molecule has 0 unspecified atom stereocenters. The molecule has 2 N–H and O–H groups in total. The maximum atomic E-state index is 5.88. The van der Waals surface area contributed by atoms with Crippen LogP contribution in [0.25, 0.3) is 10.9 Å². The molecule has 2 heterocycles. The molecule has 0 bridgehead atoms. The molecular weight excluding hydrogens is 392 g/mol. The molecule has 0 fully saturated rings. The second-order valence-electron chi connectivity index (χ2n) is 6.14. The van der Waals surface area contributed by atoms with Crippen LogP contribution in [0.2, 0.25) is 5.02 Å². The summed E-state index contributed by atoms with van der Waals surface area (Å²) in [5, 5.41) is 16.2. The van der Waals surface area contributed by atoms with E-state index >= 15 is 0 Å². The predicted molar refractivity (Wildman–Crippen MR) is 117 cm³/mol. The molecule has 0 atom stereocenters. The van der Waals surface area contributed by atoms with Crippen molar-refractivity contribution >= 4 is 55.4 Å². The summed E-state index contributed by atoms with van der Waals surface area (Å²) in [4.78, 5) is 7.73. The Labute approximate surface area is 171 Å². The van der Waals surface area contributed by atoms with Crippen molar-refractivity contribution in [1.82, 2.24) is 9.97 Å². The second-order valence-corrected chi connectivity index (χ2v) is 7.56. The van der Waals surface area contributed by atoms with Gasteiger partial charge in [-0.2, -0.15) is 5.10 Å². The third-order valence-corrected chi connectivity index (χ3v) is 5.35. The van der Waals surface area contributed by atoms with Crippen molar-refractivity contribution in [3.8, 4) is 0 Å². The molecule has 28 heavy (non-hydrogen) atoms. The Kier molecular flexibility index (Phi) is 5.18. The van der Waals surface area contributed by atoms with Gasteiger partial charge in [-0.1, -0.05) is 41.1 Å². The highest BCUT2D eigenvalue weighted by Crippen LogP contribution is 2.32. The number of azo groups is 1. The fourth-order valence-electron chi connectivity index (χ4n) is 2.70. The monoisotopic (exact) mass is 408 g/mol. The number of hydrogen-bond donors (Lipinski definition) is 2. The first kappa shape index (κ1) is 18.3. The van der Waals surface area contributed by atoms with Crippen molar-refractivity contribution in [2.24, 2.45) is 15.3 Å². The van der Waals surface area contributed by atoms with Gasteiger partial charge < -0.3 is 4.98 Å². The van der Waals surface area contributed by atoms with Crippen LogP contribution in [-0.2, 0) is 0 Å². The zero-order valence-electron chi connectivity index (χ0n) is 15.3. The number of hydrogen-bond acceptors (Lipinski definition) is 6. The van der Waals surface area contributed by atoms with Gasteiger partial charge in [-0.3, -0.25) is 5.43 Å². The quantitative estimate of drug-likeness (QED) is 0.215. The molecule has 140 valence electrons. The van der Waals surface area contributed by atoms with E-state index in [4.69, 9.17) is 11.6 Å². The molecule has 0 saturated carbocycles. The van der Waals surface area contributed by atoms with E-state index in [-0.39, 0.29) is 0 Å². The molecule has 0 aliphatic heterocycles. The molecule has 0 spiro atoms. The number of thiazole rings is 1. The summed E-state index contributed by atoms with van der Waals surface area (Å²) >= 11 is 7.29. The molecule has 4 aromatic rings. The van der Waals surface area contributed by atoms with E-state index in [0.29, 0.717) is 10.2 Å². The van der Waals surface area contributed by atoms with Crippen molar-refractivity contribution in [3.05, 3.63) is 71.0 Å². The van der Waals surface area contributed by atoms with Gasteiger partial charge in [0, 0.05) is 27.7 Å². The molecular formula is C20H17ClN6S. The lowest BCUT2D eigenvalue weighted by atomic mass is 10.1. The fraction of sp³-hybridized carbons (Fsp3) is 0.100. The van der Waals surface area contributed by atoms with Crippen molar-refractivity contribution in [2.45, 2.75) is 13.8 Å². The van der Waals surface area contributed by atoms with Crippen LogP contribution in [0.15, 0.2) is 70.1 Å². The van der Waals surface area contributed by atoms with Crippen LogP contribution in [0.1, 0.15) is 18.2 Å². The number of nitrogens with one attached hydrogen (secondary N) is 2. The van der Waals surface area contributed by atoms with E-state index in [1.165, 1.54) is 11.3 Å². The second kappa shape index (κ2) is 7.92. The Morgan fingerprint density at radius 2 is 1.89 bits per heavy atom. The minimum atomic E-state index is 0.668. The largest absolute Gasteiger partial charge is 0.360 e. The van der Waals surface area contributed by atoms with E-state index in [1.807, 2.05) is 50.4 Å². The van der Waals surface area contributed by atoms with Crippen LogP contribution in [0, 0.1) is 6.92 Å². The standard InChI is InChI=1S/C20H17ClN6S/c1-12(17-11-22-18-6-4-3-5-16(17)18)24-27-20-23-13(2)19(28-20)26-25-15-9-7-14(21)8-10-15/h3-11,22H,1-2H3,(H,23,27)/b24-12-,26-25?. The lowest BCUT2D eigenvalue weighted by Gasteiger charge is -1.99. The summed E-state index contributed by atoms with van der Waals surface area (Å²) in [5.74, 6) is 0. The number of anilines is 1. The molecule has 0 aliphatic carbocycles. The van der Waals surface area contributed by atoms with Crippen LogP contribution in [0.5, 0.6) is 0 Å². The van der Waals surface area contributed by atoms with Gasteiger partial charge in [0.1, 0.15) is 0 Å². The normalized spacial score (nSPS) is 12.2. The van der Waals surface area contributed by atoms with Gasteiger partial charge >= 0.3 is 0 Å². The SMILES string of the molecule is C/C(=N/Nc1nc(C)c(N=Nc2ccc(Cl)cc2)s1)c1c[nH]c2ccccc12. The average molecular weight is 409 g/mol. The highest BCUT2D eigenvalue weighted by Gasteiger charge is 2.09. The van der Waals surface area contributed by atoms with E-state index in [1.54, 1.807) is 12.1 Å². The van der Waals surface area contributed by atoms with E-state index < -0.39 is 0 Å². The molecule has 0 saturated heterocycles. The molecule has 0 amide bonds. The number of para-hydroxylation sites is 1. The van der Waals surface area contributed by atoms with Crippen LogP contribution in [0.4, 0.5) is 15.8 Å². The smallest absolute Gasteiger partial charge is 0.205 e. The number of aromatic amines is 1. The highest BCUT2D eigenvalue weighted by atomic mass is 35.5. The maximum absolute atomic E-state index is 5.88. The summed E-state index contributed by atoms with van der Waals surface area (Å²) in [6, 6.07) is 15.3.